The number of carbonyl (C=O) groups is 2. The van der Waals surface area contributed by atoms with Gasteiger partial charge in [-0.25, -0.2) is 12.7 Å². The number of hydrogen-bond acceptors (Lipinski definition) is 5. The van der Waals surface area contributed by atoms with Gasteiger partial charge in [0.1, 0.15) is 4.90 Å². The van der Waals surface area contributed by atoms with Crippen LogP contribution >= 0.6 is 0 Å². The molecule has 1 N–H and O–H groups in total. The second-order valence-electron chi connectivity index (χ2n) is 7.61. The monoisotopic (exact) mass is 413 g/mol. The number of amides is 2. The molecule has 0 aliphatic carbocycles. The predicted molar refractivity (Wildman–Crippen MR) is 111 cm³/mol. The van der Waals surface area contributed by atoms with Gasteiger partial charge >= 0.3 is 0 Å². The van der Waals surface area contributed by atoms with E-state index >= 15 is 0 Å². The lowest BCUT2D eigenvalue weighted by Gasteiger charge is -2.19. The fourth-order valence-corrected chi connectivity index (χ4v) is 5.65. The van der Waals surface area contributed by atoms with Crippen molar-refractivity contribution in [2.45, 2.75) is 37.6 Å². The highest BCUT2D eigenvalue weighted by Gasteiger charge is 2.42. The van der Waals surface area contributed by atoms with Gasteiger partial charge in [0.05, 0.1) is 5.56 Å². The molecule has 0 atom stereocenters. The van der Waals surface area contributed by atoms with E-state index in [-0.39, 0.29) is 16.0 Å². The highest BCUT2D eigenvalue weighted by molar-refractivity contribution is 7.90. The first-order chi connectivity index (χ1) is 13.8. The summed E-state index contributed by atoms with van der Waals surface area (Å²) in [7, 11) is -3.94. The van der Waals surface area contributed by atoms with Gasteiger partial charge in [-0.2, -0.15) is 0 Å². The zero-order valence-corrected chi connectivity index (χ0v) is 17.2. The highest BCUT2D eigenvalue weighted by atomic mass is 32.2. The van der Waals surface area contributed by atoms with E-state index in [1.165, 1.54) is 18.2 Å². The number of carbonyl (C=O) groups excluding carboxylic acids is 2. The van der Waals surface area contributed by atoms with Crippen LogP contribution in [0.25, 0.3) is 0 Å². The molecule has 29 heavy (non-hydrogen) atoms. The minimum Gasteiger partial charge on any atom is -0.371 e. The molecule has 2 aliphatic rings. The van der Waals surface area contributed by atoms with Crippen molar-refractivity contribution in [2.75, 3.05) is 23.3 Å². The SMILES string of the molecule is CC(C)N1C(=O)c2ccc(C(=O)Nc3cccc(N4CCCC4)c3)cc2S1(=O)=O. The standard InChI is InChI=1S/C21H23N3O4S/c1-14(2)24-21(26)18-9-8-15(12-19(18)29(24,27)28)20(25)22-16-6-5-7-17(13-16)23-10-3-4-11-23/h5-9,12-14H,3-4,10-11H2,1-2H3,(H,22,25). The first kappa shape index (κ1) is 19.4. The van der Waals surface area contributed by atoms with Crippen LogP contribution in [0.5, 0.6) is 0 Å². The number of nitrogens with one attached hydrogen (secondary N) is 1. The maximum Gasteiger partial charge on any atom is 0.269 e. The Morgan fingerprint density at radius 1 is 1.07 bits per heavy atom. The quantitative estimate of drug-likeness (QED) is 0.832. The van der Waals surface area contributed by atoms with E-state index in [4.69, 9.17) is 0 Å². The van der Waals surface area contributed by atoms with Gasteiger partial charge in [0.25, 0.3) is 21.8 Å². The van der Waals surface area contributed by atoms with Crippen molar-refractivity contribution in [3.8, 4) is 0 Å². The van der Waals surface area contributed by atoms with Gasteiger partial charge in [0.2, 0.25) is 0 Å². The van der Waals surface area contributed by atoms with Crippen LogP contribution in [0.15, 0.2) is 47.4 Å². The number of benzene rings is 2. The predicted octanol–water partition coefficient (Wildman–Crippen LogP) is 3.09. The zero-order chi connectivity index (χ0) is 20.8. The topological polar surface area (TPSA) is 86.8 Å². The van der Waals surface area contributed by atoms with Crippen molar-refractivity contribution >= 4 is 33.2 Å². The summed E-state index contributed by atoms with van der Waals surface area (Å²) in [6.45, 7) is 5.28. The molecule has 7 nitrogen and oxygen atoms in total. The minimum atomic E-state index is -3.94. The molecule has 2 aromatic rings. The largest absolute Gasteiger partial charge is 0.371 e. The number of nitrogens with zero attached hydrogens (tertiary/aromatic N) is 2. The first-order valence-corrected chi connectivity index (χ1v) is 11.1. The van der Waals surface area contributed by atoms with E-state index in [9.17, 15) is 18.0 Å². The fourth-order valence-electron chi connectivity index (χ4n) is 3.86. The van der Waals surface area contributed by atoms with E-state index in [2.05, 4.69) is 10.2 Å². The number of hydrogen-bond donors (Lipinski definition) is 1. The van der Waals surface area contributed by atoms with Crippen LogP contribution in [0.1, 0.15) is 47.4 Å². The Labute approximate surface area is 170 Å². The van der Waals surface area contributed by atoms with Crippen molar-refractivity contribution in [1.82, 2.24) is 4.31 Å². The lowest BCUT2D eigenvalue weighted by Crippen LogP contribution is -2.36. The molecule has 1 fully saturated rings. The maximum absolute atomic E-state index is 12.7. The number of anilines is 2. The molecule has 2 aliphatic heterocycles. The second-order valence-corrected chi connectivity index (χ2v) is 9.39. The molecule has 0 radical (unpaired) electrons. The molecular weight excluding hydrogens is 390 g/mol. The Bertz CT molecular complexity index is 1090. The summed E-state index contributed by atoms with van der Waals surface area (Å²) in [5.74, 6) is -0.975. The molecule has 0 aromatic heterocycles. The van der Waals surface area contributed by atoms with Gasteiger partial charge in [-0.05, 0) is 63.1 Å². The Morgan fingerprint density at radius 2 is 1.79 bits per heavy atom. The first-order valence-electron chi connectivity index (χ1n) is 9.68. The third-order valence-corrected chi connectivity index (χ3v) is 7.25. The number of rotatable bonds is 4. The molecular formula is C21H23N3O4S. The van der Waals surface area contributed by atoms with Crippen LogP contribution in [0.2, 0.25) is 0 Å². The molecule has 0 saturated carbocycles. The van der Waals surface area contributed by atoms with Crippen molar-refractivity contribution < 1.29 is 18.0 Å². The summed E-state index contributed by atoms with van der Waals surface area (Å²) in [5, 5.41) is 2.83. The Kier molecular flexibility index (Phi) is 4.82. The van der Waals surface area contributed by atoms with Gasteiger partial charge in [0, 0.05) is 36.1 Å². The molecule has 0 bridgehead atoms. The third kappa shape index (κ3) is 3.37. The van der Waals surface area contributed by atoms with Crippen LogP contribution in [0.4, 0.5) is 11.4 Å². The molecule has 1 saturated heterocycles. The summed E-state index contributed by atoms with van der Waals surface area (Å²) >= 11 is 0. The van der Waals surface area contributed by atoms with Gasteiger partial charge < -0.3 is 10.2 Å². The summed E-state index contributed by atoms with van der Waals surface area (Å²) in [4.78, 5) is 27.3. The maximum atomic E-state index is 12.7. The Hall–Kier alpha value is -2.87. The van der Waals surface area contributed by atoms with Crippen LogP contribution in [0, 0.1) is 0 Å². The van der Waals surface area contributed by atoms with E-state index in [1.807, 2.05) is 18.2 Å². The highest BCUT2D eigenvalue weighted by Crippen LogP contribution is 2.33. The van der Waals surface area contributed by atoms with E-state index < -0.39 is 27.9 Å². The average Bonchev–Trinajstić information content (AvgIpc) is 3.27. The van der Waals surface area contributed by atoms with Gasteiger partial charge in [-0.3, -0.25) is 9.59 Å². The molecule has 0 unspecified atom stereocenters. The molecule has 152 valence electrons. The average molecular weight is 413 g/mol. The van der Waals surface area contributed by atoms with Crippen molar-refractivity contribution in [3.63, 3.8) is 0 Å². The third-order valence-electron chi connectivity index (χ3n) is 5.26. The van der Waals surface area contributed by atoms with Crippen LogP contribution < -0.4 is 10.2 Å². The fraction of sp³-hybridized carbons (Fsp3) is 0.333. The summed E-state index contributed by atoms with van der Waals surface area (Å²) in [5.41, 5.74) is 1.99. The second kappa shape index (κ2) is 7.18. The van der Waals surface area contributed by atoms with E-state index in [0.29, 0.717) is 5.69 Å². The lowest BCUT2D eigenvalue weighted by atomic mass is 10.1. The number of sulfonamides is 1. The summed E-state index contributed by atoms with van der Waals surface area (Å²) in [6.07, 6.45) is 2.32. The molecule has 8 heteroatoms. The zero-order valence-electron chi connectivity index (χ0n) is 16.4. The lowest BCUT2D eigenvalue weighted by molar-refractivity contribution is 0.0846. The normalized spacial score (nSPS) is 17.7. The van der Waals surface area contributed by atoms with Crippen LogP contribution in [0.3, 0.4) is 0 Å². The van der Waals surface area contributed by atoms with E-state index in [0.717, 1.165) is 35.9 Å². The van der Waals surface area contributed by atoms with Crippen LogP contribution in [-0.4, -0.2) is 43.7 Å². The smallest absolute Gasteiger partial charge is 0.269 e. The van der Waals surface area contributed by atoms with Crippen LogP contribution in [-0.2, 0) is 10.0 Å². The van der Waals surface area contributed by atoms with Crippen molar-refractivity contribution in [1.29, 1.82) is 0 Å². The molecule has 0 spiro atoms. The van der Waals surface area contributed by atoms with E-state index in [1.54, 1.807) is 19.9 Å². The van der Waals surface area contributed by atoms with Gasteiger partial charge in [-0.1, -0.05) is 6.07 Å². The Balaban J connectivity index is 1.60. The van der Waals surface area contributed by atoms with Crippen molar-refractivity contribution in [2.24, 2.45) is 0 Å². The van der Waals surface area contributed by atoms with Crippen molar-refractivity contribution in [3.05, 3.63) is 53.6 Å². The molecule has 4 rings (SSSR count). The van der Waals surface area contributed by atoms with Gasteiger partial charge in [-0.15, -0.1) is 0 Å². The number of fused-ring (bicyclic) bond motifs is 1. The minimum absolute atomic E-state index is 0.103. The van der Waals surface area contributed by atoms with Gasteiger partial charge in [0.15, 0.2) is 0 Å². The molecule has 2 aromatic carbocycles. The molecule has 2 heterocycles. The Morgan fingerprint density at radius 3 is 2.48 bits per heavy atom. The molecule has 2 amide bonds. The summed E-state index contributed by atoms with van der Waals surface area (Å²) in [6, 6.07) is 11.3. The summed E-state index contributed by atoms with van der Waals surface area (Å²) < 4.78 is 26.3.